The van der Waals surface area contributed by atoms with Gasteiger partial charge in [-0.3, -0.25) is 14.9 Å². The molecule has 0 aliphatic carbocycles. The molecule has 0 radical (unpaired) electrons. The number of non-ortho nitro benzene ring substituents is 1. The smallest absolute Gasteiger partial charge is 0.273 e. The molecule has 110 valence electrons. The van der Waals surface area contributed by atoms with Gasteiger partial charge in [-0.2, -0.15) is 5.21 Å². The zero-order chi connectivity index (χ0) is 15.4. The zero-order valence-electron chi connectivity index (χ0n) is 11.2. The molecular formula is C11H12N6O4. The molecule has 0 aliphatic heterocycles. The number of nitro groups is 1. The Hall–Kier alpha value is -3.04. The van der Waals surface area contributed by atoms with E-state index in [0.29, 0.717) is 5.82 Å². The molecule has 0 aliphatic rings. The standard InChI is InChI=1S/C11H12N6O4/c1-6(10-13-15-16-14-10)12-11(18)8-4-3-7(17(19)20)5-9(8)21-2/h3-6H,1-2H3,(H,12,18)(H,13,14,15,16). The summed E-state index contributed by atoms with van der Waals surface area (Å²) < 4.78 is 5.01. The van der Waals surface area contributed by atoms with Crippen LogP contribution in [0.1, 0.15) is 29.1 Å². The van der Waals surface area contributed by atoms with E-state index in [1.54, 1.807) is 6.92 Å². The molecule has 10 heteroatoms. The topological polar surface area (TPSA) is 136 Å². The Morgan fingerprint density at radius 3 is 2.86 bits per heavy atom. The van der Waals surface area contributed by atoms with Gasteiger partial charge in [0.1, 0.15) is 5.75 Å². The van der Waals surface area contributed by atoms with Gasteiger partial charge >= 0.3 is 0 Å². The van der Waals surface area contributed by atoms with Gasteiger partial charge in [0, 0.05) is 6.07 Å². The Morgan fingerprint density at radius 2 is 2.29 bits per heavy atom. The van der Waals surface area contributed by atoms with E-state index in [1.165, 1.54) is 25.3 Å². The van der Waals surface area contributed by atoms with Crippen molar-refractivity contribution in [1.82, 2.24) is 25.9 Å². The second kappa shape index (κ2) is 5.94. The molecule has 0 bridgehead atoms. The van der Waals surface area contributed by atoms with E-state index in [9.17, 15) is 14.9 Å². The minimum Gasteiger partial charge on any atom is -0.496 e. The molecule has 0 fully saturated rings. The molecule has 10 nitrogen and oxygen atoms in total. The maximum atomic E-state index is 12.2. The van der Waals surface area contributed by atoms with E-state index in [4.69, 9.17) is 4.74 Å². The van der Waals surface area contributed by atoms with Crippen molar-refractivity contribution in [2.75, 3.05) is 7.11 Å². The van der Waals surface area contributed by atoms with Crippen molar-refractivity contribution >= 4 is 11.6 Å². The Kier molecular flexibility index (Phi) is 4.07. The van der Waals surface area contributed by atoms with Crippen LogP contribution >= 0.6 is 0 Å². The van der Waals surface area contributed by atoms with E-state index < -0.39 is 16.9 Å². The Morgan fingerprint density at radius 1 is 1.52 bits per heavy atom. The first kappa shape index (κ1) is 14.4. The third kappa shape index (κ3) is 3.11. The number of H-pyrrole nitrogens is 1. The molecule has 21 heavy (non-hydrogen) atoms. The van der Waals surface area contributed by atoms with Gasteiger partial charge in [0.2, 0.25) is 0 Å². The number of benzene rings is 1. The number of aromatic amines is 1. The van der Waals surface area contributed by atoms with Gasteiger partial charge in [-0.15, -0.1) is 10.2 Å². The number of carbonyl (C=O) groups is 1. The molecule has 2 aromatic rings. The number of amides is 1. The summed E-state index contributed by atoms with van der Waals surface area (Å²) in [7, 11) is 1.33. The maximum absolute atomic E-state index is 12.2. The molecule has 1 aromatic carbocycles. The Bertz CT molecular complexity index is 657. The quantitative estimate of drug-likeness (QED) is 0.608. The number of nitrogens with zero attached hydrogens (tertiary/aromatic N) is 4. The van der Waals surface area contributed by atoms with Crippen LogP contribution in [0, 0.1) is 10.1 Å². The first-order valence-electron chi connectivity index (χ1n) is 5.89. The van der Waals surface area contributed by atoms with Gasteiger partial charge in [0.05, 0.1) is 29.7 Å². The highest BCUT2D eigenvalue weighted by atomic mass is 16.6. The molecule has 0 saturated carbocycles. The van der Waals surface area contributed by atoms with Crippen molar-refractivity contribution in [2.45, 2.75) is 13.0 Å². The molecular weight excluding hydrogens is 280 g/mol. The lowest BCUT2D eigenvalue weighted by molar-refractivity contribution is -0.384. The first-order chi connectivity index (χ1) is 10.0. The molecule has 1 heterocycles. The Balaban J connectivity index is 2.21. The number of nitrogens with one attached hydrogen (secondary N) is 2. The highest BCUT2D eigenvalue weighted by Crippen LogP contribution is 2.25. The van der Waals surface area contributed by atoms with Crippen molar-refractivity contribution in [1.29, 1.82) is 0 Å². The van der Waals surface area contributed by atoms with Crippen molar-refractivity contribution in [3.8, 4) is 5.75 Å². The molecule has 1 atom stereocenters. The number of hydrogen-bond donors (Lipinski definition) is 2. The van der Waals surface area contributed by atoms with Gasteiger partial charge in [0.25, 0.3) is 11.6 Å². The molecule has 0 saturated heterocycles. The van der Waals surface area contributed by atoms with Gasteiger partial charge < -0.3 is 10.1 Å². The predicted molar refractivity (Wildman–Crippen MR) is 69.7 cm³/mol. The summed E-state index contributed by atoms with van der Waals surface area (Å²) in [5.74, 6) is -0.0229. The van der Waals surface area contributed by atoms with Crippen LogP contribution in [-0.2, 0) is 0 Å². The minimum atomic E-state index is -0.563. The fraction of sp³-hybridized carbons (Fsp3) is 0.273. The number of nitro benzene ring substituents is 1. The number of tetrazole rings is 1. The van der Waals surface area contributed by atoms with Crippen LogP contribution in [-0.4, -0.2) is 38.6 Å². The summed E-state index contributed by atoms with van der Waals surface area (Å²) >= 11 is 0. The molecule has 1 unspecified atom stereocenters. The van der Waals surface area contributed by atoms with E-state index in [0.717, 1.165) is 0 Å². The van der Waals surface area contributed by atoms with Crippen molar-refractivity contribution in [3.05, 3.63) is 39.7 Å². The van der Waals surface area contributed by atoms with Crippen LogP contribution in [0.15, 0.2) is 18.2 Å². The molecule has 1 aromatic heterocycles. The summed E-state index contributed by atoms with van der Waals surface area (Å²) in [6.45, 7) is 1.68. The van der Waals surface area contributed by atoms with Crippen LogP contribution < -0.4 is 10.1 Å². The van der Waals surface area contributed by atoms with Crippen molar-refractivity contribution < 1.29 is 14.5 Å². The number of methoxy groups -OCH3 is 1. The first-order valence-corrected chi connectivity index (χ1v) is 5.89. The monoisotopic (exact) mass is 292 g/mol. The second-order valence-electron chi connectivity index (χ2n) is 4.11. The summed E-state index contributed by atoms with van der Waals surface area (Å²) in [6, 6.07) is 3.27. The van der Waals surface area contributed by atoms with Gasteiger partial charge in [-0.25, -0.2) is 0 Å². The number of rotatable bonds is 5. The number of carbonyl (C=O) groups excluding carboxylic acids is 1. The summed E-state index contributed by atoms with van der Waals surface area (Å²) in [4.78, 5) is 22.3. The second-order valence-corrected chi connectivity index (χ2v) is 4.11. The van der Waals surface area contributed by atoms with E-state index in [2.05, 4.69) is 25.9 Å². The molecule has 1 amide bonds. The lowest BCUT2D eigenvalue weighted by Crippen LogP contribution is -2.27. The average Bonchev–Trinajstić information content (AvgIpc) is 3.00. The van der Waals surface area contributed by atoms with E-state index in [1.807, 2.05) is 0 Å². The number of ether oxygens (including phenoxy) is 1. The molecule has 2 rings (SSSR count). The van der Waals surface area contributed by atoms with Crippen LogP contribution in [0.25, 0.3) is 0 Å². The van der Waals surface area contributed by atoms with Crippen LogP contribution in [0.4, 0.5) is 5.69 Å². The Labute approximate surface area is 118 Å². The third-order valence-corrected chi connectivity index (χ3v) is 2.74. The van der Waals surface area contributed by atoms with E-state index in [-0.39, 0.29) is 17.0 Å². The van der Waals surface area contributed by atoms with Crippen LogP contribution in [0.5, 0.6) is 5.75 Å². The van der Waals surface area contributed by atoms with Crippen molar-refractivity contribution in [2.24, 2.45) is 0 Å². The number of aromatic nitrogens is 4. The maximum Gasteiger partial charge on any atom is 0.273 e. The highest BCUT2D eigenvalue weighted by Gasteiger charge is 2.20. The van der Waals surface area contributed by atoms with Crippen LogP contribution in [0.2, 0.25) is 0 Å². The fourth-order valence-corrected chi connectivity index (χ4v) is 1.67. The van der Waals surface area contributed by atoms with Gasteiger partial charge in [-0.1, -0.05) is 5.21 Å². The summed E-state index contributed by atoms with van der Waals surface area (Å²) in [6.07, 6.45) is 0. The minimum absolute atomic E-state index is 0.113. The average molecular weight is 292 g/mol. The van der Waals surface area contributed by atoms with Gasteiger partial charge in [0.15, 0.2) is 5.82 Å². The lowest BCUT2D eigenvalue weighted by atomic mass is 10.1. The van der Waals surface area contributed by atoms with Gasteiger partial charge in [-0.05, 0) is 13.0 Å². The molecule has 0 spiro atoms. The highest BCUT2D eigenvalue weighted by molar-refractivity contribution is 5.97. The predicted octanol–water partition coefficient (Wildman–Crippen LogP) is 0.607. The van der Waals surface area contributed by atoms with Crippen molar-refractivity contribution in [3.63, 3.8) is 0 Å². The number of hydrogen-bond acceptors (Lipinski definition) is 7. The summed E-state index contributed by atoms with van der Waals surface area (Å²) in [5.41, 5.74) is 0.0214. The third-order valence-electron chi connectivity index (χ3n) is 2.74. The molecule has 2 N–H and O–H groups in total. The summed E-state index contributed by atoms with van der Waals surface area (Å²) in [5, 5.41) is 26.6. The van der Waals surface area contributed by atoms with Crippen LogP contribution in [0.3, 0.4) is 0 Å². The normalized spacial score (nSPS) is 11.7. The lowest BCUT2D eigenvalue weighted by Gasteiger charge is -2.12. The van der Waals surface area contributed by atoms with E-state index >= 15 is 0 Å². The fourth-order valence-electron chi connectivity index (χ4n) is 1.67. The SMILES string of the molecule is COc1cc([N+](=O)[O-])ccc1C(=O)NC(C)c1nn[nH]n1. The largest absolute Gasteiger partial charge is 0.496 e. The zero-order valence-corrected chi connectivity index (χ0v) is 11.2.